The number of carbonyl (C=O) groups excluding carboxylic acids is 1. The van der Waals surface area contributed by atoms with Gasteiger partial charge in [0.15, 0.2) is 0 Å². The van der Waals surface area contributed by atoms with Crippen LogP contribution in [0.15, 0.2) is 47.1 Å². The van der Waals surface area contributed by atoms with Crippen molar-refractivity contribution in [2.75, 3.05) is 14.2 Å². The summed E-state index contributed by atoms with van der Waals surface area (Å²) in [5.41, 5.74) is 9.32. The third-order valence-corrected chi connectivity index (χ3v) is 4.43. The van der Waals surface area contributed by atoms with Gasteiger partial charge in [-0.2, -0.15) is 0 Å². The van der Waals surface area contributed by atoms with E-state index in [1.165, 1.54) is 7.11 Å². The van der Waals surface area contributed by atoms with Crippen molar-refractivity contribution in [2.24, 2.45) is 5.73 Å². The monoisotopic (exact) mass is 403 g/mol. The molecular weight excluding hydrogens is 386 g/mol. The van der Waals surface area contributed by atoms with Crippen LogP contribution in [0.3, 0.4) is 0 Å². The zero-order chi connectivity index (χ0) is 18.0. The molecule has 2 heterocycles. The van der Waals surface area contributed by atoms with E-state index in [9.17, 15) is 4.79 Å². The normalized spacial score (nSPS) is 12.2. The van der Waals surface area contributed by atoms with Crippen LogP contribution in [-0.4, -0.2) is 35.6 Å². The number of carbonyl (C=O) groups is 1. The highest BCUT2D eigenvalue weighted by atomic mass is 79.9. The number of hydrogen-bond donors (Lipinski definition) is 1. The lowest BCUT2D eigenvalue weighted by molar-refractivity contribution is -0.142. The number of halogens is 1. The van der Waals surface area contributed by atoms with E-state index < -0.39 is 12.0 Å². The van der Waals surface area contributed by atoms with Crippen molar-refractivity contribution in [3.05, 3.63) is 52.8 Å². The van der Waals surface area contributed by atoms with Gasteiger partial charge >= 0.3 is 5.97 Å². The molecular formula is C18H18BrN3O3. The van der Waals surface area contributed by atoms with Crippen LogP contribution < -0.4 is 10.5 Å². The van der Waals surface area contributed by atoms with E-state index in [4.69, 9.17) is 20.2 Å². The first-order chi connectivity index (χ1) is 12.0. The van der Waals surface area contributed by atoms with Gasteiger partial charge in [0, 0.05) is 22.7 Å². The summed E-state index contributed by atoms with van der Waals surface area (Å²) in [4.78, 5) is 16.5. The Morgan fingerprint density at radius 2 is 1.96 bits per heavy atom. The molecule has 130 valence electrons. The number of imidazole rings is 1. The summed E-state index contributed by atoms with van der Waals surface area (Å²) in [6, 6.07) is 10.7. The quantitative estimate of drug-likeness (QED) is 0.662. The number of nitrogens with two attached hydrogens (primary N) is 1. The van der Waals surface area contributed by atoms with E-state index in [-0.39, 0.29) is 0 Å². The molecule has 1 atom stereocenters. The van der Waals surface area contributed by atoms with Crippen LogP contribution >= 0.6 is 15.9 Å². The van der Waals surface area contributed by atoms with Crippen LogP contribution in [-0.2, 0) is 16.0 Å². The molecule has 1 aromatic carbocycles. The molecule has 0 spiro atoms. The maximum absolute atomic E-state index is 11.8. The maximum atomic E-state index is 11.8. The summed E-state index contributed by atoms with van der Waals surface area (Å²) in [6.45, 7) is 0. The van der Waals surface area contributed by atoms with Crippen molar-refractivity contribution in [1.82, 2.24) is 9.38 Å². The third kappa shape index (κ3) is 3.52. The molecule has 0 saturated heterocycles. The molecule has 3 aromatic rings. The Morgan fingerprint density at radius 3 is 2.60 bits per heavy atom. The lowest BCUT2D eigenvalue weighted by Gasteiger charge is -2.11. The van der Waals surface area contributed by atoms with Crippen molar-refractivity contribution < 1.29 is 14.3 Å². The van der Waals surface area contributed by atoms with Crippen molar-refractivity contribution in [1.29, 1.82) is 0 Å². The topological polar surface area (TPSA) is 78.8 Å². The second-order valence-electron chi connectivity index (χ2n) is 5.54. The predicted octanol–water partition coefficient (Wildman–Crippen LogP) is 2.82. The molecule has 0 fully saturated rings. The molecule has 0 amide bonds. The molecule has 3 rings (SSSR count). The highest BCUT2D eigenvalue weighted by Gasteiger charge is 2.21. The molecule has 0 bridgehead atoms. The zero-order valence-corrected chi connectivity index (χ0v) is 15.5. The molecule has 25 heavy (non-hydrogen) atoms. The van der Waals surface area contributed by atoms with Gasteiger partial charge in [-0.05, 0) is 52.3 Å². The number of nitrogens with zero attached hydrogens (tertiary/aromatic N) is 2. The SMILES string of the molecule is COC(=O)C(N)Cc1c(-c2ccc(OC)cc2)nc2ccc(Br)cn12. The molecule has 7 heteroatoms. The second-order valence-corrected chi connectivity index (χ2v) is 6.46. The standard InChI is InChI=1S/C18H18BrN3O3/c1-24-13-6-3-11(4-7-13)17-15(9-14(20)18(23)25-2)22-10-12(19)5-8-16(22)21-17/h3-8,10,14H,9,20H2,1-2H3. The smallest absolute Gasteiger partial charge is 0.323 e. The van der Waals surface area contributed by atoms with E-state index in [2.05, 4.69) is 15.9 Å². The average Bonchev–Trinajstić information content (AvgIpc) is 2.98. The molecule has 0 saturated carbocycles. The van der Waals surface area contributed by atoms with Crippen molar-refractivity contribution in [3.63, 3.8) is 0 Å². The summed E-state index contributed by atoms with van der Waals surface area (Å²) in [5, 5.41) is 0. The first-order valence-electron chi connectivity index (χ1n) is 7.68. The lowest BCUT2D eigenvalue weighted by atomic mass is 10.1. The van der Waals surface area contributed by atoms with Gasteiger partial charge in [0.25, 0.3) is 0 Å². The summed E-state index contributed by atoms with van der Waals surface area (Å²) in [5.74, 6) is 0.314. The first-order valence-corrected chi connectivity index (χ1v) is 8.47. The fourth-order valence-electron chi connectivity index (χ4n) is 2.69. The number of rotatable bonds is 5. The number of ether oxygens (including phenoxy) is 2. The Hall–Kier alpha value is -2.38. The Labute approximate surface area is 153 Å². The van der Waals surface area contributed by atoms with Crippen LogP contribution in [0, 0.1) is 0 Å². The number of pyridine rings is 1. The number of esters is 1. The van der Waals surface area contributed by atoms with Crippen molar-refractivity contribution in [2.45, 2.75) is 12.5 Å². The fourth-order valence-corrected chi connectivity index (χ4v) is 3.02. The van der Waals surface area contributed by atoms with E-state index >= 15 is 0 Å². The predicted molar refractivity (Wildman–Crippen MR) is 98.6 cm³/mol. The molecule has 0 aliphatic heterocycles. The molecule has 0 radical (unpaired) electrons. The summed E-state index contributed by atoms with van der Waals surface area (Å²) < 4.78 is 12.8. The summed E-state index contributed by atoms with van der Waals surface area (Å²) >= 11 is 3.47. The number of benzene rings is 1. The van der Waals surface area contributed by atoms with Gasteiger partial charge in [0.2, 0.25) is 0 Å². The van der Waals surface area contributed by atoms with Crippen LogP contribution in [0.1, 0.15) is 5.69 Å². The Balaban J connectivity index is 2.12. The Kier molecular flexibility index (Phi) is 5.06. The van der Waals surface area contributed by atoms with Gasteiger partial charge in [-0.15, -0.1) is 0 Å². The van der Waals surface area contributed by atoms with E-state index in [1.807, 2.05) is 47.0 Å². The zero-order valence-electron chi connectivity index (χ0n) is 13.9. The van der Waals surface area contributed by atoms with Gasteiger partial charge in [0.05, 0.1) is 25.6 Å². The van der Waals surface area contributed by atoms with Crippen LogP contribution in [0.5, 0.6) is 5.75 Å². The summed E-state index contributed by atoms with van der Waals surface area (Å²) in [6.07, 6.45) is 2.22. The second kappa shape index (κ2) is 7.25. The fraction of sp³-hybridized carbons (Fsp3) is 0.222. The highest BCUT2D eigenvalue weighted by Crippen LogP contribution is 2.28. The number of methoxy groups -OCH3 is 2. The van der Waals surface area contributed by atoms with Gasteiger partial charge in [-0.1, -0.05) is 0 Å². The van der Waals surface area contributed by atoms with Gasteiger partial charge < -0.3 is 19.6 Å². The third-order valence-electron chi connectivity index (χ3n) is 3.96. The number of hydrogen-bond acceptors (Lipinski definition) is 5. The van der Waals surface area contributed by atoms with E-state index in [0.717, 1.165) is 32.8 Å². The largest absolute Gasteiger partial charge is 0.497 e. The lowest BCUT2D eigenvalue weighted by Crippen LogP contribution is -2.34. The van der Waals surface area contributed by atoms with Gasteiger partial charge in [-0.25, -0.2) is 4.98 Å². The van der Waals surface area contributed by atoms with E-state index in [0.29, 0.717) is 6.42 Å². The molecule has 6 nitrogen and oxygen atoms in total. The van der Waals surface area contributed by atoms with Crippen molar-refractivity contribution >= 4 is 27.5 Å². The van der Waals surface area contributed by atoms with Crippen LogP contribution in [0.25, 0.3) is 16.9 Å². The molecule has 2 aromatic heterocycles. The van der Waals surface area contributed by atoms with Crippen LogP contribution in [0.2, 0.25) is 0 Å². The molecule has 2 N–H and O–H groups in total. The highest BCUT2D eigenvalue weighted by molar-refractivity contribution is 9.10. The Morgan fingerprint density at radius 1 is 1.24 bits per heavy atom. The molecule has 0 aliphatic rings. The minimum atomic E-state index is -0.763. The Bertz CT molecular complexity index is 906. The number of fused-ring (bicyclic) bond motifs is 1. The van der Waals surface area contributed by atoms with Crippen molar-refractivity contribution in [3.8, 4) is 17.0 Å². The van der Waals surface area contributed by atoms with Crippen LogP contribution in [0.4, 0.5) is 0 Å². The maximum Gasteiger partial charge on any atom is 0.323 e. The van der Waals surface area contributed by atoms with E-state index in [1.54, 1.807) is 7.11 Å². The van der Waals surface area contributed by atoms with Gasteiger partial charge in [0.1, 0.15) is 17.4 Å². The van der Waals surface area contributed by atoms with Gasteiger partial charge in [-0.3, -0.25) is 4.79 Å². The number of aromatic nitrogens is 2. The average molecular weight is 404 g/mol. The molecule has 0 aliphatic carbocycles. The first kappa shape index (κ1) is 17.4. The molecule has 1 unspecified atom stereocenters. The minimum absolute atomic E-state index is 0.311. The summed E-state index contributed by atoms with van der Waals surface area (Å²) in [7, 11) is 2.95. The minimum Gasteiger partial charge on any atom is -0.497 e.